The molecule has 0 aliphatic rings. The van der Waals surface area contributed by atoms with E-state index in [4.69, 9.17) is 0 Å². The van der Waals surface area contributed by atoms with Gasteiger partial charge in [0.15, 0.2) is 0 Å². The highest BCUT2D eigenvalue weighted by atomic mass is 32.1. The molecule has 84 valence electrons. The summed E-state index contributed by atoms with van der Waals surface area (Å²) in [6, 6.07) is 9.31. The normalized spacial score (nSPS) is 10.4. The van der Waals surface area contributed by atoms with Gasteiger partial charge in [0.1, 0.15) is 5.82 Å². The Morgan fingerprint density at radius 2 is 2.00 bits per heavy atom. The Labute approximate surface area is 98.9 Å². The molecule has 0 saturated carbocycles. The molecule has 0 spiro atoms. The van der Waals surface area contributed by atoms with Crippen molar-refractivity contribution in [1.82, 2.24) is 0 Å². The molecule has 1 nitrogen and oxygen atoms in total. The maximum atomic E-state index is 13.3. The van der Waals surface area contributed by atoms with Crippen LogP contribution in [-0.4, -0.2) is 0 Å². The van der Waals surface area contributed by atoms with Gasteiger partial charge in [-0.05, 0) is 38.1 Å². The summed E-state index contributed by atoms with van der Waals surface area (Å²) in [7, 11) is 0. The fraction of sp³-hybridized carbons (Fsp3) is 0.231. The van der Waals surface area contributed by atoms with E-state index in [9.17, 15) is 4.39 Å². The van der Waals surface area contributed by atoms with Gasteiger partial charge in [-0.3, -0.25) is 0 Å². The van der Waals surface area contributed by atoms with Crippen molar-refractivity contribution in [3.63, 3.8) is 0 Å². The molecule has 0 unspecified atom stereocenters. The summed E-state index contributed by atoms with van der Waals surface area (Å²) in [6.07, 6.45) is 0. The van der Waals surface area contributed by atoms with Crippen molar-refractivity contribution in [1.29, 1.82) is 0 Å². The molecule has 1 heterocycles. The SMILES string of the molecule is Cc1ccc(CNc2cccc(F)c2C)s1. The molecule has 16 heavy (non-hydrogen) atoms. The molecule has 1 N–H and O–H groups in total. The minimum Gasteiger partial charge on any atom is -0.380 e. The Morgan fingerprint density at radius 1 is 1.19 bits per heavy atom. The molecule has 0 fully saturated rings. The largest absolute Gasteiger partial charge is 0.380 e. The highest BCUT2D eigenvalue weighted by Crippen LogP contribution is 2.20. The van der Waals surface area contributed by atoms with Gasteiger partial charge in [0.05, 0.1) is 0 Å². The summed E-state index contributed by atoms with van der Waals surface area (Å²) in [5.74, 6) is -0.160. The summed E-state index contributed by atoms with van der Waals surface area (Å²) in [5, 5.41) is 3.25. The van der Waals surface area contributed by atoms with Gasteiger partial charge in [0, 0.05) is 27.5 Å². The zero-order valence-electron chi connectivity index (χ0n) is 9.38. The molecule has 2 rings (SSSR count). The number of benzene rings is 1. The Morgan fingerprint density at radius 3 is 2.69 bits per heavy atom. The van der Waals surface area contributed by atoms with Crippen LogP contribution in [0.1, 0.15) is 15.3 Å². The molecule has 0 bridgehead atoms. The van der Waals surface area contributed by atoms with E-state index in [1.165, 1.54) is 15.8 Å². The number of thiophene rings is 1. The second-order valence-corrected chi connectivity index (χ2v) is 5.15. The quantitative estimate of drug-likeness (QED) is 0.844. The smallest absolute Gasteiger partial charge is 0.128 e. The molecule has 0 amide bonds. The van der Waals surface area contributed by atoms with Crippen LogP contribution in [0.5, 0.6) is 0 Å². The van der Waals surface area contributed by atoms with Crippen molar-refractivity contribution in [3.05, 3.63) is 51.5 Å². The zero-order chi connectivity index (χ0) is 11.5. The van der Waals surface area contributed by atoms with Crippen LogP contribution in [-0.2, 0) is 6.54 Å². The van der Waals surface area contributed by atoms with Gasteiger partial charge < -0.3 is 5.32 Å². The Hall–Kier alpha value is -1.35. The van der Waals surface area contributed by atoms with Crippen LogP contribution >= 0.6 is 11.3 Å². The van der Waals surface area contributed by atoms with Crippen molar-refractivity contribution in [2.24, 2.45) is 0 Å². The number of anilines is 1. The number of nitrogens with one attached hydrogen (secondary N) is 1. The van der Waals surface area contributed by atoms with E-state index in [1.54, 1.807) is 24.3 Å². The molecular formula is C13H14FNS. The topological polar surface area (TPSA) is 12.0 Å². The first kappa shape index (κ1) is 11.1. The summed E-state index contributed by atoms with van der Waals surface area (Å²) in [4.78, 5) is 2.56. The lowest BCUT2D eigenvalue weighted by Gasteiger charge is -2.08. The number of aryl methyl sites for hydroxylation is 1. The lowest BCUT2D eigenvalue weighted by atomic mass is 10.2. The first-order valence-corrected chi connectivity index (χ1v) is 6.03. The average molecular weight is 235 g/mol. The fourth-order valence-corrected chi connectivity index (χ4v) is 2.39. The van der Waals surface area contributed by atoms with Crippen molar-refractivity contribution in [2.75, 3.05) is 5.32 Å². The first-order chi connectivity index (χ1) is 7.66. The monoisotopic (exact) mass is 235 g/mol. The number of hydrogen-bond acceptors (Lipinski definition) is 2. The van der Waals surface area contributed by atoms with Gasteiger partial charge in [-0.15, -0.1) is 11.3 Å². The van der Waals surface area contributed by atoms with Gasteiger partial charge in [-0.2, -0.15) is 0 Å². The van der Waals surface area contributed by atoms with E-state index in [2.05, 4.69) is 24.4 Å². The van der Waals surface area contributed by atoms with Crippen LogP contribution in [0.25, 0.3) is 0 Å². The number of rotatable bonds is 3. The first-order valence-electron chi connectivity index (χ1n) is 5.21. The average Bonchev–Trinajstić information content (AvgIpc) is 2.67. The van der Waals surface area contributed by atoms with Crippen LogP contribution in [0, 0.1) is 19.7 Å². The van der Waals surface area contributed by atoms with E-state index in [1.807, 2.05) is 6.07 Å². The van der Waals surface area contributed by atoms with E-state index in [0.717, 1.165) is 12.2 Å². The second-order valence-electron chi connectivity index (χ2n) is 3.78. The molecule has 1 aromatic heterocycles. The van der Waals surface area contributed by atoms with Crippen molar-refractivity contribution >= 4 is 17.0 Å². The van der Waals surface area contributed by atoms with Crippen LogP contribution in [0.4, 0.5) is 10.1 Å². The third-order valence-electron chi connectivity index (χ3n) is 2.52. The molecule has 3 heteroatoms. The third-order valence-corrected chi connectivity index (χ3v) is 3.52. The molecule has 0 atom stereocenters. The van der Waals surface area contributed by atoms with Crippen molar-refractivity contribution < 1.29 is 4.39 Å². The van der Waals surface area contributed by atoms with Crippen LogP contribution in [0.3, 0.4) is 0 Å². The standard InChI is InChI=1S/C13H14FNS/c1-9-6-7-11(16-9)8-15-13-5-3-4-12(14)10(13)2/h3-7,15H,8H2,1-2H3. The van der Waals surface area contributed by atoms with Crippen LogP contribution in [0.2, 0.25) is 0 Å². The van der Waals surface area contributed by atoms with E-state index < -0.39 is 0 Å². The lowest BCUT2D eigenvalue weighted by molar-refractivity contribution is 0.619. The van der Waals surface area contributed by atoms with E-state index in [0.29, 0.717) is 5.56 Å². The van der Waals surface area contributed by atoms with Crippen LogP contribution in [0.15, 0.2) is 30.3 Å². The molecular weight excluding hydrogens is 221 g/mol. The zero-order valence-corrected chi connectivity index (χ0v) is 10.2. The minimum atomic E-state index is -0.160. The minimum absolute atomic E-state index is 0.160. The van der Waals surface area contributed by atoms with Crippen molar-refractivity contribution in [3.8, 4) is 0 Å². The molecule has 1 aromatic carbocycles. The van der Waals surface area contributed by atoms with Gasteiger partial charge in [0.2, 0.25) is 0 Å². The maximum absolute atomic E-state index is 13.3. The van der Waals surface area contributed by atoms with E-state index >= 15 is 0 Å². The summed E-state index contributed by atoms with van der Waals surface area (Å²) in [6.45, 7) is 4.63. The Bertz CT molecular complexity index is 490. The molecule has 2 aromatic rings. The van der Waals surface area contributed by atoms with Gasteiger partial charge in [-0.1, -0.05) is 6.07 Å². The highest BCUT2D eigenvalue weighted by Gasteiger charge is 2.03. The Kier molecular flexibility index (Phi) is 3.25. The second kappa shape index (κ2) is 4.66. The lowest BCUT2D eigenvalue weighted by Crippen LogP contribution is -2.00. The summed E-state index contributed by atoms with van der Waals surface area (Å²) >= 11 is 1.76. The molecule has 0 saturated heterocycles. The van der Waals surface area contributed by atoms with Crippen molar-refractivity contribution in [2.45, 2.75) is 20.4 Å². The van der Waals surface area contributed by atoms with Gasteiger partial charge >= 0.3 is 0 Å². The van der Waals surface area contributed by atoms with Crippen LogP contribution < -0.4 is 5.32 Å². The molecule has 0 radical (unpaired) electrons. The van der Waals surface area contributed by atoms with Gasteiger partial charge in [0.25, 0.3) is 0 Å². The van der Waals surface area contributed by atoms with Gasteiger partial charge in [-0.25, -0.2) is 4.39 Å². The number of hydrogen-bond donors (Lipinski definition) is 1. The van der Waals surface area contributed by atoms with E-state index in [-0.39, 0.29) is 5.82 Å². The highest BCUT2D eigenvalue weighted by molar-refractivity contribution is 7.11. The third kappa shape index (κ3) is 2.42. The maximum Gasteiger partial charge on any atom is 0.128 e. The number of halogens is 1. The fourth-order valence-electron chi connectivity index (χ4n) is 1.56. The summed E-state index contributed by atoms with van der Waals surface area (Å²) < 4.78 is 13.3. The Balaban J connectivity index is 2.07. The predicted octanol–water partition coefficient (Wildman–Crippen LogP) is 4.12. The molecule has 0 aliphatic heterocycles. The summed E-state index contributed by atoms with van der Waals surface area (Å²) in [5.41, 5.74) is 1.54. The molecule has 0 aliphatic carbocycles. The predicted molar refractivity (Wildman–Crippen MR) is 67.5 cm³/mol.